The minimum absolute atomic E-state index is 0.0298. The zero-order valence-corrected chi connectivity index (χ0v) is 19.2. The Morgan fingerprint density at radius 1 is 1.36 bits per heavy atom. The molecular weight excluding hydrogens is 348 g/mol. The normalized spacial score (nSPS) is 32.7. The van der Waals surface area contributed by atoms with E-state index in [1.807, 2.05) is 13.8 Å². The van der Waals surface area contributed by atoms with Crippen molar-refractivity contribution >= 4 is 5.97 Å². The second-order valence-corrected chi connectivity index (χ2v) is 10.5. The van der Waals surface area contributed by atoms with E-state index < -0.39 is 0 Å². The van der Waals surface area contributed by atoms with E-state index in [0.29, 0.717) is 30.8 Å². The highest BCUT2D eigenvalue weighted by Crippen LogP contribution is 2.60. The van der Waals surface area contributed by atoms with Crippen molar-refractivity contribution in [3.63, 3.8) is 0 Å². The lowest BCUT2D eigenvalue weighted by Crippen LogP contribution is -2.54. The maximum Gasteiger partial charge on any atom is 0.306 e. The quantitative estimate of drug-likeness (QED) is 0.424. The van der Waals surface area contributed by atoms with Gasteiger partial charge in [-0.05, 0) is 80.6 Å². The van der Waals surface area contributed by atoms with Crippen LogP contribution in [0.25, 0.3) is 0 Å². The van der Waals surface area contributed by atoms with Crippen LogP contribution in [0, 0.1) is 28.6 Å². The third-order valence-electron chi connectivity index (χ3n) is 7.61. The Bertz CT molecular complexity index is 613. The van der Waals surface area contributed by atoms with Crippen LogP contribution in [0.2, 0.25) is 0 Å². The lowest BCUT2D eigenvalue weighted by atomic mass is 9.47. The molecule has 3 nitrogen and oxygen atoms in total. The molecule has 0 saturated heterocycles. The molecule has 1 fully saturated rings. The summed E-state index contributed by atoms with van der Waals surface area (Å²) in [5.74, 6) is 1.32. The number of allylic oxidation sites excluding steroid dienone is 3. The summed E-state index contributed by atoms with van der Waals surface area (Å²) in [6.07, 6.45) is 10.0. The molecule has 0 bridgehead atoms. The van der Waals surface area contributed by atoms with Crippen molar-refractivity contribution in [3.8, 4) is 0 Å². The first-order valence-corrected chi connectivity index (χ1v) is 11.1. The Hall–Kier alpha value is -1.09. The lowest BCUT2D eigenvalue weighted by molar-refractivity contribution is -0.143. The topological polar surface area (TPSA) is 46.5 Å². The number of carbonyl (C=O) groups excluding carboxylic acids is 1. The molecule has 0 aromatic carbocycles. The number of aliphatic hydroxyl groups excluding tert-OH is 1. The maximum absolute atomic E-state index is 11.7. The number of fused-ring (bicyclic) bond motifs is 1. The first kappa shape index (κ1) is 23.2. The highest BCUT2D eigenvalue weighted by Gasteiger charge is 2.54. The SMILES string of the molecule is CC1=CC[C@@H]2C(C)(C)[C@@H](O)CC[C@@]2(C)[C@@H]1CC/C(C)=C/COC(=O)CC(C)C. The minimum Gasteiger partial charge on any atom is -0.461 e. The van der Waals surface area contributed by atoms with E-state index in [4.69, 9.17) is 4.74 Å². The summed E-state index contributed by atoms with van der Waals surface area (Å²) < 4.78 is 5.33. The molecule has 1 saturated carbocycles. The van der Waals surface area contributed by atoms with Gasteiger partial charge in [-0.2, -0.15) is 0 Å². The molecule has 0 heterocycles. The number of ether oxygens (including phenoxy) is 1. The molecule has 28 heavy (non-hydrogen) atoms. The van der Waals surface area contributed by atoms with Gasteiger partial charge >= 0.3 is 5.97 Å². The van der Waals surface area contributed by atoms with Gasteiger partial charge < -0.3 is 9.84 Å². The van der Waals surface area contributed by atoms with Crippen LogP contribution in [0.4, 0.5) is 0 Å². The standard InChI is InChI=1S/C25H42O3/c1-17(2)16-23(27)28-15-13-18(3)8-10-20-19(4)9-11-21-24(5,6)22(26)12-14-25(20,21)7/h9,13,17,20-22,26H,8,10-12,14-16H2,1-7H3/b18-13+/t20-,21-,22+,25+/m1/s1. The third kappa shape index (κ3) is 5.09. The first-order valence-electron chi connectivity index (χ1n) is 11.1. The first-order chi connectivity index (χ1) is 13.0. The van der Waals surface area contributed by atoms with Crippen molar-refractivity contribution in [2.24, 2.45) is 28.6 Å². The van der Waals surface area contributed by atoms with Crippen LogP contribution in [-0.4, -0.2) is 23.8 Å². The molecular formula is C25H42O3. The van der Waals surface area contributed by atoms with Gasteiger partial charge in [0.1, 0.15) is 6.61 Å². The van der Waals surface area contributed by atoms with Gasteiger partial charge in [0.05, 0.1) is 6.10 Å². The third-order valence-corrected chi connectivity index (χ3v) is 7.61. The Labute approximate surface area is 172 Å². The summed E-state index contributed by atoms with van der Waals surface area (Å²) in [5, 5.41) is 10.6. The summed E-state index contributed by atoms with van der Waals surface area (Å²) in [7, 11) is 0. The van der Waals surface area contributed by atoms with Crippen molar-refractivity contribution in [3.05, 3.63) is 23.3 Å². The van der Waals surface area contributed by atoms with Crippen molar-refractivity contribution in [2.45, 2.75) is 93.1 Å². The van der Waals surface area contributed by atoms with Gasteiger partial charge in [0.15, 0.2) is 0 Å². The van der Waals surface area contributed by atoms with E-state index in [1.54, 1.807) is 0 Å². The second kappa shape index (κ2) is 9.15. The molecule has 0 radical (unpaired) electrons. The molecule has 0 amide bonds. The van der Waals surface area contributed by atoms with Crippen molar-refractivity contribution < 1.29 is 14.6 Å². The minimum atomic E-state index is -0.194. The van der Waals surface area contributed by atoms with Crippen molar-refractivity contribution in [1.29, 1.82) is 0 Å². The van der Waals surface area contributed by atoms with Gasteiger partial charge in [0.25, 0.3) is 0 Å². The van der Waals surface area contributed by atoms with Crippen molar-refractivity contribution in [2.75, 3.05) is 6.61 Å². The van der Waals surface area contributed by atoms with Crippen LogP contribution in [0.1, 0.15) is 87.0 Å². The van der Waals surface area contributed by atoms with E-state index in [0.717, 1.165) is 32.1 Å². The molecule has 2 aliphatic carbocycles. The van der Waals surface area contributed by atoms with E-state index in [2.05, 4.69) is 46.8 Å². The lowest BCUT2D eigenvalue weighted by Gasteiger charge is -2.58. The summed E-state index contributed by atoms with van der Waals surface area (Å²) in [5.41, 5.74) is 3.04. The number of hydrogen-bond acceptors (Lipinski definition) is 3. The molecule has 0 spiro atoms. The fourth-order valence-corrected chi connectivity index (χ4v) is 5.73. The predicted octanol–water partition coefficient (Wildman–Crippen LogP) is 6.07. The second-order valence-electron chi connectivity index (χ2n) is 10.5. The van der Waals surface area contributed by atoms with Gasteiger partial charge in [-0.25, -0.2) is 0 Å². The Morgan fingerprint density at radius 3 is 2.68 bits per heavy atom. The van der Waals surface area contributed by atoms with Gasteiger partial charge in [-0.1, -0.05) is 51.8 Å². The van der Waals surface area contributed by atoms with Crippen LogP contribution in [0.5, 0.6) is 0 Å². The Morgan fingerprint density at radius 2 is 2.04 bits per heavy atom. The predicted molar refractivity (Wildman–Crippen MR) is 116 cm³/mol. The molecule has 0 aromatic rings. The number of rotatable bonds is 7. The molecule has 0 aliphatic heterocycles. The largest absolute Gasteiger partial charge is 0.461 e. The van der Waals surface area contributed by atoms with E-state index >= 15 is 0 Å². The fourth-order valence-electron chi connectivity index (χ4n) is 5.73. The molecule has 4 atom stereocenters. The monoisotopic (exact) mass is 390 g/mol. The number of aliphatic hydroxyl groups is 1. The highest BCUT2D eigenvalue weighted by atomic mass is 16.5. The molecule has 1 N–H and O–H groups in total. The van der Waals surface area contributed by atoms with Gasteiger partial charge in [0.2, 0.25) is 0 Å². The highest BCUT2D eigenvalue weighted by molar-refractivity contribution is 5.69. The average molecular weight is 391 g/mol. The number of carbonyl (C=O) groups is 1. The smallest absolute Gasteiger partial charge is 0.306 e. The zero-order chi connectivity index (χ0) is 21.1. The summed E-state index contributed by atoms with van der Waals surface area (Å²) in [4.78, 5) is 11.7. The summed E-state index contributed by atoms with van der Waals surface area (Å²) >= 11 is 0. The number of hydrogen-bond donors (Lipinski definition) is 1. The fraction of sp³-hybridized carbons (Fsp3) is 0.800. The van der Waals surface area contributed by atoms with Crippen molar-refractivity contribution in [1.82, 2.24) is 0 Å². The van der Waals surface area contributed by atoms with Gasteiger partial charge in [-0.15, -0.1) is 0 Å². The molecule has 0 unspecified atom stereocenters. The Balaban J connectivity index is 1.99. The molecule has 3 heteroatoms. The van der Waals surface area contributed by atoms with Gasteiger partial charge in [-0.3, -0.25) is 4.79 Å². The number of esters is 1. The van der Waals surface area contributed by atoms with Crippen LogP contribution >= 0.6 is 0 Å². The maximum atomic E-state index is 11.7. The molecule has 0 aromatic heterocycles. The van der Waals surface area contributed by atoms with Crippen LogP contribution in [-0.2, 0) is 9.53 Å². The van der Waals surface area contributed by atoms with E-state index in [9.17, 15) is 9.90 Å². The van der Waals surface area contributed by atoms with E-state index in [1.165, 1.54) is 11.1 Å². The van der Waals surface area contributed by atoms with Gasteiger partial charge in [0, 0.05) is 6.42 Å². The van der Waals surface area contributed by atoms with E-state index in [-0.39, 0.29) is 22.9 Å². The average Bonchev–Trinajstić information content (AvgIpc) is 2.57. The Kier molecular flexibility index (Phi) is 7.58. The molecule has 2 rings (SSSR count). The van der Waals surface area contributed by atoms with Crippen LogP contribution in [0.15, 0.2) is 23.3 Å². The summed E-state index contributed by atoms with van der Waals surface area (Å²) in [6, 6.07) is 0. The summed E-state index contributed by atoms with van der Waals surface area (Å²) in [6.45, 7) is 15.8. The van der Waals surface area contributed by atoms with Crippen LogP contribution in [0.3, 0.4) is 0 Å². The van der Waals surface area contributed by atoms with Crippen LogP contribution < -0.4 is 0 Å². The zero-order valence-electron chi connectivity index (χ0n) is 19.2. The molecule has 160 valence electrons. The molecule has 2 aliphatic rings.